The SMILES string of the molecule is COc1cc(C2C3=CCC4C(=O)N(O)C(=O)C4C3CC3=C2C(=O)C(C)=CC3=O)cc(Cl)c1O. The average molecular weight is 470 g/mol. The number of nitrogens with zero attached hydrogens (tertiary/aromatic N) is 1. The van der Waals surface area contributed by atoms with Crippen molar-refractivity contribution in [3.05, 3.63) is 57.2 Å². The van der Waals surface area contributed by atoms with Gasteiger partial charge in [0.25, 0.3) is 11.8 Å². The maximum Gasteiger partial charge on any atom is 0.257 e. The molecule has 1 fully saturated rings. The molecule has 0 bridgehead atoms. The Morgan fingerprint density at radius 1 is 1.12 bits per heavy atom. The molecular formula is C24H20ClNO7. The monoisotopic (exact) mass is 469 g/mol. The lowest BCUT2D eigenvalue weighted by molar-refractivity contribution is -0.173. The molecule has 4 atom stereocenters. The molecule has 0 saturated carbocycles. The smallest absolute Gasteiger partial charge is 0.257 e. The molecule has 9 heteroatoms. The summed E-state index contributed by atoms with van der Waals surface area (Å²) in [6.45, 7) is 1.58. The van der Waals surface area contributed by atoms with E-state index in [9.17, 15) is 29.5 Å². The van der Waals surface area contributed by atoms with Gasteiger partial charge in [0.1, 0.15) is 0 Å². The molecule has 8 nitrogen and oxygen atoms in total. The Morgan fingerprint density at radius 3 is 2.55 bits per heavy atom. The fraction of sp³-hybridized carbons (Fsp3) is 0.333. The summed E-state index contributed by atoms with van der Waals surface area (Å²) in [5, 5.41) is 20.4. The van der Waals surface area contributed by atoms with E-state index in [1.54, 1.807) is 13.0 Å². The molecule has 1 aliphatic heterocycles. The van der Waals surface area contributed by atoms with E-state index in [1.807, 2.05) is 6.08 Å². The minimum Gasteiger partial charge on any atom is -0.503 e. The van der Waals surface area contributed by atoms with Crippen molar-refractivity contribution in [1.82, 2.24) is 5.06 Å². The summed E-state index contributed by atoms with van der Waals surface area (Å²) < 4.78 is 5.24. The first-order valence-corrected chi connectivity index (χ1v) is 10.9. The Labute approximate surface area is 193 Å². The fourth-order valence-corrected chi connectivity index (χ4v) is 5.86. The number of amides is 2. The topological polar surface area (TPSA) is 121 Å². The van der Waals surface area contributed by atoms with Gasteiger partial charge >= 0.3 is 0 Å². The summed E-state index contributed by atoms with van der Waals surface area (Å²) >= 11 is 6.24. The maximum absolute atomic E-state index is 13.3. The van der Waals surface area contributed by atoms with Crippen LogP contribution in [-0.2, 0) is 19.2 Å². The van der Waals surface area contributed by atoms with Crippen LogP contribution in [0.5, 0.6) is 11.5 Å². The lowest BCUT2D eigenvalue weighted by Crippen LogP contribution is -2.39. The van der Waals surface area contributed by atoms with Crippen molar-refractivity contribution < 1.29 is 34.2 Å². The lowest BCUT2D eigenvalue weighted by atomic mass is 9.59. The number of aromatic hydroxyl groups is 1. The summed E-state index contributed by atoms with van der Waals surface area (Å²) in [6.07, 6.45) is 3.45. The summed E-state index contributed by atoms with van der Waals surface area (Å²) in [5.74, 6) is -4.93. The van der Waals surface area contributed by atoms with Crippen LogP contribution in [0.15, 0.2) is 46.6 Å². The molecule has 5 rings (SSSR count). The number of carbonyl (C=O) groups excluding carboxylic acids is 4. The van der Waals surface area contributed by atoms with Crippen LogP contribution >= 0.6 is 11.6 Å². The summed E-state index contributed by atoms with van der Waals surface area (Å²) in [6, 6.07) is 3.06. The van der Waals surface area contributed by atoms with Crippen molar-refractivity contribution in [2.75, 3.05) is 7.11 Å². The first-order chi connectivity index (χ1) is 15.6. The lowest BCUT2D eigenvalue weighted by Gasteiger charge is -2.42. The Kier molecular flexibility index (Phi) is 4.84. The van der Waals surface area contributed by atoms with Crippen LogP contribution in [0, 0.1) is 17.8 Å². The largest absolute Gasteiger partial charge is 0.503 e. The quantitative estimate of drug-likeness (QED) is 0.295. The number of hydrogen-bond acceptors (Lipinski definition) is 7. The minimum absolute atomic E-state index is 0.0124. The molecule has 1 aromatic rings. The maximum atomic E-state index is 13.3. The number of allylic oxidation sites excluding steroid dienone is 6. The number of phenols is 1. The second-order valence-electron chi connectivity index (χ2n) is 8.77. The number of Topliss-reactive ketones (excluding diaryl/α,β-unsaturated/α-hetero) is 1. The second kappa shape index (κ2) is 7.40. The van der Waals surface area contributed by atoms with Gasteiger partial charge in [-0.25, -0.2) is 0 Å². The first-order valence-electron chi connectivity index (χ1n) is 10.5. The molecule has 170 valence electrons. The van der Waals surface area contributed by atoms with Gasteiger partial charge in [0, 0.05) is 22.6 Å². The molecule has 0 spiro atoms. The molecule has 1 heterocycles. The van der Waals surface area contributed by atoms with E-state index in [0.717, 1.165) is 0 Å². The molecule has 2 amide bonds. The van der Waals surface area contributed by atoms with Crippen LogP contribution < -0.4 is 4.74 Å². The zero-order valence-electron chi connectivity index (χ0n) is 17.8. The van der Waals surface area contributed by atoms with Crippen molar-refractivity contribution >= 4 is 35.0 Å². The van der Waals surface area contributed by atoms with Crippen molar-refractivity contribution in [3.8, 4) is 11.5 Å². The molecular weight excluding hydrogens is 450 g/mol. The molecule has 1 aromatic carbocycles. The number of methoxy groups -OCH3 is 1. The van der Waals surface area contributed by atoms with Gasteiger partial charge in [-0.3, -0.25) is 24.4 Å². The number of benzene rings is 1. The number of hydrogen-bond donors (Lipinski definition) is 2. The molecule has 0 aromatic heterocycles. The van der Waals surface area contributed by atoms with Crippen LogP contribution in [0.4, 0.5) is 0 Å². The fourth-order valence-electron chi connectivity index (χ4n) is 5.64. The predicted molar refractivity (Wildman–Crippen MR) is 115 cm³/mol. The average Bonchev–Trinajstić information content (AvgIpc) is 3.02. The van der Waals surface area contributed by atoms with Crippen molar-refractivity contribution in [2.24, 2.45) is 17.8 Å². The number of fused-ring (bicyclic) bond motifs is 3. The van der Waals surface area contributed by atoms with Crippen LogP contribution in [0.3, 0.4) is 0 Å². The Bertz CT molecular complexity index is 1260. The van der Waals surface area contributed by atoms with Crippen LogP contribution in [0.1, 0.15) is 31.2 Å². The summed E-state index contributed by atoms with van der Waals surface area (Å²) in [4.78, 5) is 51.4. The third-order valence-corrected chi connectivity index (χ3v) is 7.43. The normalized spacial score (nSPS) is 28.9. The molecule has 4 aliphatic rings. The van der Waals surface area contributed by atoms with Gasteiger partial charge in [0.15, 0.2) is 23.1 Å². The third kappa shape index (κ3) is 2.94. The number of carbonyl (C=O) groups is 4. The number of imide groups is 1. The van der Waals surface area contributed by atoms with Crippen LogP contribution in [0.2, 0.25) is 5.02 Å². The van der Waals surface area contributed by atoms with Crippen molar-refractivity contribution in [1.29, 1.82) is 0 Å². The molecule has 1 saturated heterocycles. The van der Waals surface area contributed by atoms with E-state index in [1.165, 1.54) is 19.3 Å². The molecule has 2 N–H and O–H groups in total. The zero-order chi connectivity index (χ0) is 23.8. The summed E-state index contributed by atoms with van der Waals surface area (Å²) in [7, 11) is 1.37. The van der Waals surface area contributed by atoms with Gasteiger partial charge in [-0.05, 0) is 49.5 Å². The molecule has 4 unspecified atom stereocenters. The third-order valence-electron chi connectivity index (χ3n) is 7.15. The van der Waals surface area contributed by atoms with Gasteiger partial charge in [-0.15, -0.1) is 0 Å². The van der Waals surface area contributed by atoms with Gasteiger partial charge in [-0.2, -0.15) is 5.06 Å². The van der Waals surface area contributed by atoms with Crippen LogP contribution in [-0.4, -0.2) is 45.9 Å². The highest BCUT2D eigenvalue weighted by Crippen LogP contribution is 2.55. The van der Waals surface area contributed by atoms with E-state index in [0.29, 0.717) is 27.9 Å². The number of halogens is 1. The van der Waals surface area contributed by atoms with Crippen LogP contribution in [0.25, 0.3) is 0 Å². The molecule has 3 aliphatic carbocycles. The highest BCUT2D eigenvalue weighted by molar-refractivity contribution is 6.32. The van der Waals surface area contributed by atoms with E-state index in [2.05, 4.69) is 0 Å². The van der Waals surface area contributed by atoms with E-state index < -0.39 is 35.5 Å². The zero-order valence-corrected chi connectivity index (χ0v) is 18.5. The van der Waals surface area contributed by atoms with Gasteiger partial charge in [-0.1, -0.05) is 23.3 Å². The number of ether oxygens (including phenoxy) is 1. The number of ketones is 2. The number of rotatable bonds is 2. The highest BCUT2D eigenvalue weighted by atomic mass is 35.5. The van der Waals surface area contributed by atoms with Gasteiger partial charge < -0.3 is 9.84 Å². The Hall–Kier alpha value is -3.23. The van der Waals surface area contributed by atoms with Gasteiger partial charge in [0.05, 0.1) is 24.0 Å². The van der Waals surface area contributed by atoms with Crippen molar-refractivity contribution in [3.63, 3.8) is 0 Å². The van der Waals surface area contributed by atoms with E-state index in [4.69, 9.17) is 16.3 Å². The second-order valence-corrected chi connectivity index (χ2v) is 9.18. The first kappa shape index (κ1) is 21.6. The molecule has 0 radical (unpaired) electrons. The van der Waals surface area contributed by atoms with E-state index in [-0.39, 0.29) is 46.0 Å². The van der Waals surface area contributed by atoms with Crippen molar-refractivity contribution in [2.45, 2.75) is 25.7 Å². The van der Waals surface area contributed by atoms with E-state index >= 15 is 0 Å². The Balaban J connectivity index is 1.74. The molecule has 33 heavy (non-hydrogen) atoms. The summed E-state index contributed by atoms with van der Waals surface area (Å²) in [5.41, 5.74) is 2.14. The van der Waals surface area contributed by atoms with Gasteiger partial charge in [0.2, 0.25) is 0 Å². The predicted octanol–water partition coefficient (Wildman–Crippen LogP) is 2.87. The number of hydroxylamine groups is 2. The minimum atomic E-state index is -0.830. The Morgan fingerprint density at radius 2 is 1.85 bits per heavy atom. The highest BCUT2D eigenvalue weighted by Gasteiger charge is 2.56. The number of phenolic OH excluding ortho intramolecular Hbond substituents is 1. The standard InChI is InChI=1S/C24H20ClNO7/c1-9-5-16(27)14-8-13-11(3-4-12-19(13)24(31)26(32)23(12)30)18(20(14)21(9)28)10-6-15(25)22(29)17(7-10)33-2/h3,5-7,12-13,18-19,29,32H,4,8H2,1-2H3.